The van der Waals surface area contributed by atoms with Crippen molar-refractivity contribution in [1.29, 1.82) is 0 Å². The molecule has 0 radical (unpaired) electrons. The normalized spacial score (nSPS) is 18.9. The lowest BCUT2D eigenvalue weighted by Crippen LogP contribution is -2.49. The molecule has 8 heteroatoms. The second kappa shape index (κ2) is 7.67. The van der Waals surface area contributed by atoms with Crippen molar-refractivity contribution in [2.24, 2.45) is 0 Å². The van der Waals surface area contributed by atoms with E-state index in [2.05, 4.69) is 11.0 Å². The first-order valence-electron chi connectivity index (χ1n) is 9.06. The van der Waals surface area contributed by atoms with Crippen LogP contribution < -0.4 is 9.64 Å². The summed E-state index contributed by atoms with van der Waals surface area (Å²) in [5.41, 5.74) is 0.967. The van der Waals surface area contributed by atoms with E-state index in [0.717, 1.165) is 53.7 Å². The molecule has 0 unspecified atom stereocenters. The summed E-state index contributed by atoms with van der Waals surface area (Å²) in [5, 5.41) is 1.02. The van der Waals surface area contributed by atoms with Crippen LogP contribution in [0.25, 0.3) is 10.2 Å². The fraction of sp³-hybridized carbons (Fsp3) is 0.556. The Balaban J connectivity index is 1.44. The van der Waals surface area contributed by atoms with E-state index < -0.39 is 0 Å². The molecule has 1 aromatic heterocycles. The molecular formula is C18H24N4O3S. The number of carbonyl (C=O) groups is 1. The van der Waals surface area contributed by atoms with Gasteiger partial charge >= 0.3 is 6.03 Å². The SMILES string of the molecule is COc1ccc2sc(N3CCCN(C(=O)N4CCOCC4)CC3)nc2c1. The minimum atomic E-state index is 0.143. The highest BCUT2D eigenvalue weighted by atomic mass is 32.1. The Kier molecular flexibility index (Phi) is 5.12. The maximum Gasteiger partial charge on any atom is 0.320 e. The first-order valence-corrected chi connectivity index (χ1v) is 9.87. The lowest BCUT2D eigenvalue weighted by Gasteiger charge is -2.32. The van der Waals surface area contributed by atoms with E-state index in [9.17, 15) is 4.79 Å². The number of hydrogen-bond acceptors (Lipinski definition) is 6. The Morgan fingerprint density at radius 1 is 1.12 bits per heavy atom. The van der Waals surface area contributed by atoms with Crippen LogP contribution in [0.3, 0.4) is 0 Å². The molecule has 2 aliphatic heterocycles. The summed E-state index contributed by atoms with van der Waals surface area (Å²) in [6, 6.07) is 6.14. The molecule has 0 saturated carbocycles. The zero-order valence-corrected chi connectivity index (χ0v) is 15.8. The summed E-state index contributed by atoms with van der Waals surface area (Å²) in [6.45, 7) is 5.93. The van der Waals surface area contributed by atoms with Crippen molar-refractivity contribution >= 4 is 32.7 Å². The Hall–Kier alpha value is -2.06. The fourth-order valence-corrected chi connectivity index (χ4v) is 4.41. The number of rotatable bonds is 2. The van der Waals surface area contributed by atoms with Crippen molar-refractivity contribution in [3.8, 4) is 5.75 Å². The lowest BCUT2D eigenvalue weighted by molar-refractivity contribution is 0.0438. The van der Waals surface area contributed by atoms with Crippen molar-refractivity contribution in [3.63, 3.8) is 0 Å². The first kappa shape index (κ1) is 17.4. The van der Waals surface area contributed by atoms with Crippen molar-refractivity contribution < 1.29 is 14.3 Å². The van der Waals surface area contributed by atoms with Gasteiger partial charge in [-0.25, -0.2) is 9.78 Å². The molecular weight excluding hydrogens is 352 g/mol. The predicted octanol–water partition coefficient (Wildman–Crippen LogP) is 2.27. The van der Waals surface area contributed by atoms with E-state index in [1.54, 1.807) is 18.4 Å². The van der Waals surface area contributed by atoms with Gasteiger partial charge in [-0.2, -0.15) is 0 Å². The minimum absolute atomic E-state index is 0.143. The van der Waals surface area contributed by atoms with Crippen molar-refractivity contribution in [2.45, 2.75) is 6.42 Å². The average Bonchev–Trinajstić information content (AvgIpc) is 2.96. The van der Waals surface area contributed by atoms with E-state index >= 15 is 0 Å². The van der Waals surface area contributed by atoms with E-state index in [1.165, 1.54) is 0 Å². The number of anilines is 1. The van der Waals surface area contributed by atoms with E-state index in [-0.39, 0.29) is 6.03 Å². The molecule has 0 bridgehead atoms. The number of carbonyl (C=O) groups excluding carboxylic acids is 1. The van der Waals surface area contributed by atoms with Crippen LogP contribution in [0.2, 0.25) is 0 Å². The van der Waals surface area contributed by atoms with Gasteiger partial charge in [0.1, 0.15) is 5.75 Å². The number of amides is 2. The number of fused-ring (bicyclic) bond motifs is 1. The summed E-state index contributed by atoms with van der Waals surface area (Å²) in [6.07, 6.45) is 0.954. The summed E-state index contributed by atoms with van der Waals surface area (Å²) < 4.78 is 11.8. The maximum absolute atomic E-state index is 12.7. The van der Waals surface area contributed by atoms with Crippen molar-refractivity contribution in [1.82, 2.24) is 14.8 Å². The molecule has 1 aromatic carbocycles. The standard InChI is InChI=1S/C18H24N4O3S/c1-24-14-3-4-16-15(13-14)19-17(26-16)20-5-2-6-21(8-7-20)18(23)22-9-11-25-12-10-22/h3-4,13H,2,5-12H2,1H3. The second-order valence-electron chi connectivity index (χ2n) is 6.54. The molecule has 0 atom stereocenters. The van der Waals surface area contributed by atoms with E-state index in [1.807, 2.05) is 21.9 Å². The van der Waals surface area contributed by atoms with Crippen LogP contribution in [0, 0.1) is 0 Å². The highest BCUT2D eigenvalue weighted by molar-refractivity contribution is 7.22. The summed E-state index contributed by atoms with van der Waals surface area (Å²) in [5.74, 6) is 0.826. The third-order valence-electron chi connectivity index (χ3n) is 4.90. The Bertz CT molecular complexity index is 775. The van der Waals surface area contributed by atoms with Gasteiger partial charge in [-0.05, 0) is 18.6 Å². The van der Waals surface area contributed by atoms with Gasteiger partial charge in [-0.15, -0.1) is 0 Å². The molecule has 4 rings (SSSR count). The molecule has 3 heterocycles. The van der Waals surface area contributed by atoms with Gasteiger partial charge < -0.3 is 24.2 Å². The topological polar surface area (TPSA) is 58.1 Å². The van der Waals surface area contributed by atoms with Crippen LogP contribution in [-0.4, -0.2) is 80.4 Å². The molecule has 0 spiro atoms. The number of morpholine rings is 1. The van der Waals surface area contributed by atoms with Crippen molar-refractivity contribution in [2.75, 3.05) is 64.5 Å². The summed E-state index contributed by atoms with van der Waals surface area (Å²) >= 11 is 1.70. The Morgan fingerprint density at radius 3 is 2.73 bits per heavy atom. The van der Waals surface area contributed by atoms with Crippen LogP contribution in [0.4, 0.5) is 9.93 Å². The molecule has 140 valence electrons. The minimum Gasteiger partial charge on any atom is -0.497 e. The summed E-state index contributed by atoms with van der Waals surface area (Å²) in [7, 11) is 1.67. The molecule has 0 N–H and O–H groups in total. The lowest BCUT2D eigenvalue weighted by atomic mass is 10.3. The van der Waals surface area contributed by atoms with Gasteiger partial charge in [0.25, 0.3) is 0 Å². The monoisotopic (exact) mass is 376 g/mol. The Morgan fingerprint density at radius 2 is 1.92 bits per heavy atom. The van der Waals surface area contributed by atoms with Gasteiger partial charge in [0.15, 0.2) is 5.13 Å². The number of aromatic nitrogens is 1. The van der Waals surface area contributed by atoms with E-state index in [0.29, 0.717) is 26.3 Å². The zero-order valence-electron chi connectivity index (χ0n) is 15.0. The molecule has 2 aromatic rings. The van der Waals surface area contributed by atoms with Crippen LogP contribution in [0.5, 0.6) is 5.75 Å². The number of hydrogen-bond donors (Lipinski definition) is 0. The zero-order chi connectivity index (χ0) is 17.9. The first-order chi connectivity index (χ1) is 12.7. The maximum atomic E-state index is 12.7. The van der Waals surface area contributed by atoms with Crippen LogP contribution in [0.1, 0.15) is 6.42 Å². The third kappa shape index (κ3) is 3.57. The molecule has 2 fully saturated rings. The van der Waals surface area contributed by atoms with Crippen molar-refractivity contribution in [3.05, 3.63) is 18.2 Å². The second-order valence-corrected chi connectivity index (χ2v) is 7.55. The van der Waals surface area contributed by atoms with Crippen LogP contribution >= 0.6 is 11.3 Å². The average molecular weight is 376 g/mol. The van der Waals surface area contributed by atoms with Gasteiger partial charge in [-0.1, -0.05) is 11.3 Å². The van der Waals surface area contributed by atoms with Gasteiger partial charge in [0, 0.05) is 45.3 Å². The number of urea groups is 1. The smallest absolute Gasteiger partial charge is 0.320 e. The highest BCUT2D eigenvalue weighted by Crippen LogP contribution is 2.31. The molecule has 7 nitrogen and oxygen atoms in total. The van der Waals surface area contributed by atoms with Gasteiger partial charge in [0.05, 0.1) is 30.5 Å². The Labute approximate surface area is 157 Å². The number of thiazole rings is 1. The van der Waals surface area contributed by atoms with Crippen LogP contribution in [-0.2, 0) is 4.74 Å². The molecule has 26 heavy (non-hydrogen) atoms. The number of methoxy groups -OCH3 is 1. The van der Waals surface area contributed by atoms with E-state index in [4.69, 9.17) is 14.5 Å². The molecule has 0 aliphatic carbocycles. The largest absolute Gasteiger partial charge is 0.497 e. The number of ether oxygens (including phenoxy) is 2. The van der Waals surface area contributed by atoms with Gasteiger partial charge in [-0.3, -0.25) is 0 Å². The molecule has 2 amide bonds. The van der Waals surface area contributed by atoms with Gasteiger partial charge in [0.2, 0.25) is 0 Å². The predicted molar refractivity (Wildman–Crippen MR) is 102 cm³/mol. The molecule has 2 aliphatic rings. The summed E-state index contributed by atoms with van der Waals surface area (Å²) in [4.78, 5) is 23.7. The van der Waals surface area contributed by atoms with Crippen LogP contribution in [0.15, 0.2) is 18.2 Å². The third-order valence-corrected chi connectivity index (χ3v) is 6.00. The number of benzene rings is 1. The fourth-order valence-electron chi connectivity index (χ4n) is 3.41. The number of nitrogens with zero attached hydrogens (tertiary/aromatic N) is 4. The quantitative estimate of drug-likeness (QED) is 0.805. The highest BCUT2D eigenvalue weighted by Gasteiger charge is 2.25. The molecule has 2 saturated heterocycles.